The van der Waals surface area contributed by atoms with Crippen LogP contribution in [0.2, 0.25) is 0 Å². The van der Waals surface area contributed by atoms with E-state index in [1.54, 1.807) is 15.9 Å². The summed E-state index contributed by atoms with van der Waals surface area (Å²) >= 11 is 0. The van der Waals surface area contributed by atoms with E-state index in [9.17, 15) is 14.7 Å². The number of nitrogens with one attached hydrogen (secondary N) is 1. The van der Waals surface area contributed by atoms with Crippen molar-refractivity contribution in [1.29, 1.82) is 0 Å². The number of carbonyl (C=O) groups is 2. The number of carbonyl (C=O) groups excluding carboxylic acids is 2. The molecule has 1 aliphatic heterocycles. The Kier molecular flexibility index (Phi) is 6.88. The first-order chi connectivity index (χ1) is 14.0. The molecule has 3 rings (SSSR count). The highest BCUT2D eigenvalue weighted by atomic mass is 16.3. The molecule has 1 aliphatic rings. The number of hydrogen-bond acceptors (Lipinski definition) is 4. The summed E-state index contributed by atoms with van der Waals surface area (Å²) in [6, 6.07) is 16.7. The smallest absolute Gasteiger partial charge is 0.256 e. The van der Waals surface area contributed by atoms with Gasteiger partial charge in [0, 0.05) is 24.0 Å². The van der Waals surface area contributed by atoms with Crippen molar-refractivity contribution >= 4 is 23.2 Å². The van der Waals surface area contributed by atoms with Crippen LogP contribution in [0.3, 0.4) is 0 Å². The molecule has 6 heteroatoms. The van der Waals surface area contributed by atoms with Crippen LogP contribution in [-0.2, 0) is 4.79 Å². The van der Waals surface area contributed by atoms with E-state index >= 15 is 0 Å². The highest BCUT2D eigenvalue weighted by Gasteiger charge is 2.30. The number of anilines is 2. The lowest BCUT2D eigenvalue weighted by Gasteiger charge is -2.28. The quantitative estimate of drug-likeness (QED) is 0.755. The Hall–Kier alpha value is -2.86. The molecule has 0 radical (unpaired) electrons. The predicted octanol–water partition coefficient (Wildman–Crippen LogP) is 3.14. The maximum Gasteiger partial charge on any atom is 0.256 e. The number of para-hydroxylation sites is 2. The fourth-order valence-electron chi connectivity index (χ4n) is 3.85. The summed E-state index contributed by atoms with van der Waals surface area (Å²) in [5, 5.41) is 12.7. The summed E-state index contributed by atoms with van der Waals surface area (Å²) < 4.78 is 0. The number of benzene rings is 2. The number of aliphatic hydroxyl groups excluding tert-OH is 1. The molecule has 0 bridgehead atoms. The standard InChI is InChI=1S/C23H29N3O3/c1-17(2)26(18-9-4-3-5-10-18)22(28)15-24-21-13-7-6-12-20(21)23(29)25-14-8-11-19(25)16-27/h3-7,9-10,12-13,17,19,24,27H,8,11,14-16H2,1-2H3. The molecular formula is C23H29N3O3. The van der Waals surface area contributed by atoms with Crippen molar-refractivity contribution in [1.82, 2.24) is 4.90 Å². The lowest BCUT2D eigenvalue weighted by molar-refractivity contribution is -0.117. The SMILES string of the molecule is CC(C)N(C(=O)CNc1ccccc1C(=O)N1CCCC1CO)c1ccccc1. The van der Waals surface area contributed by atoms with E-state index in [4.69, 9.17) is 0 Å². The Morgan fingerprint density at radius 2 is 1.83 bits per heavy atom. The van der Waals surface area contributed by atoms with Gasteiger partial charge < -0.3 is 20.2 Å². The fraction of sp³-hybridized carbons (Fsp3) is 0.391. The summed E-state index contributed by atoms with van der Waals surface area (Å²) in [5.74, 6) is -0.177. The van der Waals surface area contributed by atoms with Crippen LogP contribution in [0.25, 0.3) is 0 Å². The number of nitrogens with zero attached hydrogens (tertiary/aromatic N) is 2. The highest BCUT2D eigenvalue weighted by molar-refractivity contribution is 6.01. The van der Waals surface area contributed by atoms with Gasteiger partial charge in [0.15, 0.2) is 0 Å². The van der Waals surface area contributed by atoms with E-state index in [1.165, 1.54) is 0 Å². The van der Waals surface area contributed by atoms with Crippen molar-refractivity contribution in [3.63, 3.8) is 0 Å². The van der Waals surface area contributed by atoms with Gasteiger partial charge in [-0.3, -0.25) is 9.59 Å². The molecule has 1 fully saturated rings. The van der Waals surface area contributed by atoms with E-state index in [1.807, 2.05) is 62.4 Å². The summed E-state index contributed by atoms with van der Waals surface area (Å²) in [4.78, 5) is 29.4. The van der Waals surface area contributed by atoms with Crippen LogP contribution in [-0.4, -0.2) is 53.6 Å². The van der Waals surface area contributed by atoms with Crippen LogP contribution in [0.5, 0.6) is 0 Å². The predicted molar refractivity (Wildman–Crippen MR) is 115 cm³/mol. The molecule has 0 aliphatic carbocycles. The number of hydrogen-bond donors (Lipinski definition) is 2. The minimum absolute atomic E-state index is 0.0125. The molecule has 154 valence electrons. The van der Waals surface area contributed by atoms with Gasteiger partial charge in [-0.2, -0.15) is 0 Å². The molecule has 0 aromatic heterocycles. The zero-order valence-corrected chi connectivity index (χ0v) is 17.0. The van der Waals surface area contributed by atoms with Crippen molar-refractivity contribution < 1.29 is 14.7 Å². The lowest BCUT2D eigenvalue weighted by Crippen LogP contribution is -2.41. The van der Waals surface area contributed by atoms with Crippen molar-refractivity contribution in [2.75, 3.05) is 29.9 Å². The van der Waals surface area contributed by atoms with Crippen LogP contribution in [0, 0.1) is 0 Å². The molecule has 2 amide bonds. The second-order valence-corrected chi connectivity index (χ2v) is 7.57. The molecule has 0 saturated carbocycles. The summed E-state index contributed by atoms with van der Waals surface area (Å²) in [5.41, 5.74) is 2.00. The molecule has 1 saturated heterocycles. The van der Waals surface area contributed by atoms with Crippen LogP contribution < -0.4 is 10.2 Å². The molecule has 2 aromatic rings. The molecule has 29 heavy (non-hydrogen) atoms. The van der Waals surface area contributed by atoms with Gasteiger partial charge in [-0.05, 0) is 51.0 Å². The summed E-state index contributed by atoms with van der Waals surface area (Å²) in [6.07, 6.45) is 1.71. The van der Waals surface area contributed by atoms with Crippen molar-refractivity contribution in [2.45, 2.75) is 38.8 Å². The first-order valence-electron chi connectivity index (χ1n) is 10.1. The number of aliphatic hydroxyl groups is 1. The monoisotopic (exact) mass is 395 g/mol. The first-order valence-corrected chi connectivity index (χ1v) is 10.1. The third kappa shape index (κ3) is 4.77. The molecule has 2 aromatic carbocycles. The average molecular weight is 396 g/mol. The van der Waals surface area contributed by atoms with Gasteiger partial charge in [0.05, 0.1) is 24.8 Å². The molecule has 0 spiro atoms. The van der Waals surface area contributed by atoms with E-state index in [0.717, 1.165) is 18.5 Å². The summed E-state index contributed by atoms with van der Waals surface area (Å²) in [6.45, 7) is 4.66. The van der Waals surface area contributed by atoms with Crippen LogP contribution in [0.1, 0.15) is 37.0 Å². The van der Waals surface area contributed by atoms with Gasteiger partial charge in [0.1, 0.15) is 0 Å². The van der Waals surface area contributed by atoms with E-state index in [0.29, 0.717) is 17.8 Å². The fourth-order valence-corrected chi connectivity index (χ4v) is 3.85. The number of rotatable bonds is 7. The van der Waals surface area contributed by atoms with Crippen LogP contribution >= 0.6 is 0 Å². The second kappa shape index (κ2) is 9.56. The van der Waals surface area contributed by atoms with Gasteiger partial charge in [-0.1, -0.05) is 30.3 Å². The normalized spacial score (nSPS) is 16.1. The Labute approximate surface area is 172 Å². The number of amides is 2. The molecule has 2 N–H and O–H groups in total. The van der Waals surface area contributed by atoms with Crippen LogP contribution in [0.4, 0.5) is 11.4 Å². The zero-order valence-electron chi connectivity index (χ0n) is 17.0. The number of likely N-dealkylation sites (tertiary alicyclic amines) is 1. The lowest BCUT2D eigenvalue weighted by atomic mass is 10.1. The maximum atomic E-state index is 13.0. The topological polar surface area (TPSA) is 72.9 Å². The van der Waals surface area contributed by atoms with E-state index in [2.05, 4.69) is 5.32 Å². The molecule has 6 nitrogen and oxygen atoms in total. The van der Waals surface area contributed by atoms with Crippen molar-refractivity contribution in [3.05, 3.63) is 60.2 Å². The summed E-state index contributed by atoms with van der Waals surface area (Å²) in [7, 11) is 0. The van der Waals surface area contributed by atoms with Gasteiger partial charge in [-0.25, -0.2) is 0 Å². The molecule has 1 unspecified atom stereocenters. The van der Waals surface area contributed by atoms with E-state index in [-0.39, 0.29) is 37.0 Å². The second-order valence-electron chi connectivity index (χ2n) is 7.57. The molecule has 1 atom stereocenters. The Morgan fingerprint density at radius 3 is 2.52 bits per heavy atom. The van der Waals surface area contributed by atoms with Gasteiger partial charge >= 0.3 is 0 Å². The minimum Gasteiger partial charge on any atom is -0.394 e. The minimum atomic E-state index is -0.133. The molecule has 1 heterocycles. The Bertz CT molecular complexity index is 838. The zero-order chi connectivity index (χ0) is 20.8. The Balaban J connectivity index is 1.74. The van der Waals surface area contributed by atoms with Crippen molar-refractivity contribution in [3.8, 4) is 0 Å². The Morgan fingerprint density at radius 1 is 1.14 bits per heavy atom. The van der Waals surface area contributed by atoms with E-state index < -0.39 is 0 Å². The largest absolute Gasteiger partial charge is 0.394 e. The average Bonchev–Trinajstić information content (AvgIpc) is 3.21. The van der Waals surface area contributed by atoms with Gasteiger partial charge in [-0.15, -0.1) is 0 Å². The molecular weight excluding hydrogens is 366 g/mol. The highest BCUT2D eigenvalue weighted by Crippen LogP contribution is 2.24. The third-order valence-electron chi connectivity index (χ3n) is 5.26. The van der Waals surface area contributed by atoms with Gasteiger partial charge in [0.2, 0.25) is 5.91 Å². The van der Waals surface area contributed by atoms with Crippen LogP contribution in [0.15, 0.2) is 54.6 Å². The van der Waals surface area contributed by atoms with Crippen molar-refractivity contribution in [2.24, 2.45) is 0 Å². The first kappa shape index (κ1) is 20.9. The third-order valence-corrected chi connectivity index (χ3v) is 5.26. The van der Waals surface area contributed by atoms with Gasteiger partial charge in [0.25, 0.3) is 5.91 Å². The maximum absolute atomic E-state index is 13.0.